The van der Waals surface area contributed by atoms with E-state index in [-0.39, 0.29) is 5.91 Å². The standard InChI is InChI=1S/C24H23IN2O7S/c1-4-27-22(30)19(35-24(27)26-16-8-6-7-15(12-16)23(31)32-3)11-14-9-17(25)21(34-13-20(28)29)18(10-14)33-5-2/h6-12H,4-5,13H2,1-3H3,(H,28,29). The lowest BCUT2D eigenvalue weighted by Gasteiger charge is -2.14. The fraction of sp³-hybridized carbons (Fsp3) is 0.250. The van der Waals surface area contributed by atoms with E-state index < -0.39 is 18.5 Å². The highest BCUT2D eigenvalue weighted by Gasteiger charge is 2.32. The van der Waals surface area contributed by atoms with E-state index in [1.807, 2.05) is 36.4 Å². The number of aliphatic carboxylic acids is 1. The van der Waals surface area contributed by atoms with Gasteiger partial charge in [0.25, 0.3) is 5.91 Å². The minimum Gasteiger partial charge on any atom is -0.490 e. The molecule has 11 heteroatoms. The molecule has 1 aliphatic rings. The van der Waals surface area contributed by atoms with Crippen LogP contribution < -0.4 is 9.47 Å². The number of thioether (sulfide) groups is 1. The molecule has 0 spiro atoms. The summed E-state index contributed by atoms with van der Waals surface area (Å²) in [5.41, 5.74) is 1.59. The maximum Gasteiger partial charge on any atom is 0.341 e. The zero-order chi connectivity index (χ0) is 25.5. The number of carboxylic acid groups (broad SMARTS) is 1. The molecule has 0 atom stereocenters. The van der Waals surface area contributed by atoms with Crippen molar-refractivity contribution in [3.05, 3.63) is 56.0 Å². The number of hydrogen-bond donors (Lipinski definition) is 1. The average molecular weight is 610 g/mol. The molecule has 1 heterocycles. The van der Waals surface area contributed by atoms with Crippen LogP contribution in [0.4, 0.5) is 5.69 Å². The number of esters is 1. The molecule has 3 rings (SSSR count). The predicted molar refractivity (Wildman–Crippen MR) is 141 cm³/mol. The quantitative estimate of drug-likeness (QED) is 0.250. The van der Waals surface area contributed by atoms with Gasteiger partial charge in [-0.1, -0.05) is 6.07 Å². The largest absolute Gasteiger partial charge is 0.490 e. The monoisotopic (exact) mass is 610 g/mol. The minimum atomic E-state index is -1.09. The highest BCUT2D eigenvalue weighted by Crippen LogP contribution is 2.38. The highest BCUT2D eigenvalue weighted by atomic mass is 127. The first kappa shape index (κ1) is 26.5. The van der Waals surface area contributed by atoms with Gasteiger partial charge in [0.1, 0.15) is 0 Å². The van der Waals surface area contributed by atoms with Crippen LogP contribution in [0.3, 0.4) is 0 Å². The maximum absolute atomic E-state index is 13.1. The van der Waals surface area contributed by atoms with Crippen LogP contribution in [0.2, 0.25) is 0 Å². The van der Waals surface area contributed by atoms with Crippen molar-refractivity contribution in [1.82, 2.24) is 4.90 Å². The van der Waals surface area contributed by atoms with Crippen LogP contribution in [0, 0.1) is 3.57 Å². The Morgan fingerprint density at radius 2 is 1.97 bits per heavy atom. The molecular formula is C24H23IN2O7S. The molecule has 1 N–H and O–H groups in total. The molecule has 0 unspecified atom stereocenters. The number of halogens is 1. The van der Waals surface area contributed by atoms with Crippen molar-refractivity contribution in [2.24, 2.45) is 4.99 Å². The van der Waals surface area contributed by atoms with Gasteiger partial charge in [-0.05, 0) is 90.2 Å². The summed E-state index contributed by atoms with van der Waals surface area (Å²) >= 11 is 3.26. The minimum absolute atomic E-state index is 0.195. The number of carbonyl (C=O) groups excluding carboxylic acids is 2. The van der Waals surface area contributed by atoms with Crippen LogP contribution in [0.1, 0.15) is 29.8 Å². The molecular weight excluding hydrogens is 587 g/mol. The summed E-state index contributed by atoms with van der Waals surface area (Å²) in [5.74, 6) is -1.02. The average Bonchev–Trinajstić information content (AvgIpc) is 3.11. The van der Waals surface area contributed by atoms with Gasteiger partial charge >= 0.3 is 11.9 Å². The molecule has 0 aliphatic carbocycles. The molecule has 0 aromatic heterocycles. The topological polar surface area (TPSA) is 115 Å². The summed E-state index contributed by atoms with van der Waals surface area (Å²) in [6.07, 6.45) is 1.73. The van der Waals surface area contributed by atoms with Crippen LogP contribution in [-0.2, 0) is 14.3 Å². The number of benzene rings is 2. The first-order valence-electron chi connectivity index (χ1n) is 10.6. The van der Waals surface area contributed by atoms with Gasteiger partial charge in [-0.3, -0.25) is 9.69 Å². The first-order valence-corrected chi connectivity index (χ1v) is 12.5. The highest BCUT2D eigenvalue weighted by molar-refractivity contribution is 14.1. The summed E-state index contributed by atoms with van der Waals surface area (Å²) in [7, 11) is 1.31. The van der Waals surface area contributed by atoms with Gasteiger partial charge in [0.15, 0.2) is 23.3 Å². The summed E-state index contributed by atoms with van der Waals surface area (Å²) in [5, 5.41) is 9.43. The molecule has 35 heavy (non-hydrogen) atoms. The Kier molecular flexibility index (Phi) is 9.15. The third-order valence-electron chi connectivity index (χ3n) is 4.67. The summed E-state index contributed by atoms with van der Waals surface area (Å²) < 4.78 is 16.5. The number of hydrogen-bond acceptors (Lipinski definition) is 8. The third-order valence-corrected chi connectivity index (χ3v) is 6.47. The molecule has 1 amide bonds. The molecule has 0 bridgehead atoms. The van der Waals surface area contributed by atoms with Gasteiger partial charge in [0, 0.05) is 6.54 Å². The molecule has 1 fully saturated rings. The maximum atomic E-state index is 13.1. The number of likely N-dealkylation sites (N-methyl/N-ethyl adjacent to an activating group) is 1. The Bertz CT molecular complexity index is 1210. The molecule has 0 radical (unpaired) electrons. The second-order valence-corrected chi connectivity index (χ2v) is 9.21. The zero-order valence-electron chi connectivity index (χ0n) is 19.2. The molecule has 2 aromatic rings. The lowest BCUT2D eigenvalue weighted by atomic mass is 10.2. The number of amidine groups is 1. The van der Waals surface area contributed by atoms with Crippen LogP contribution in [0.25, 0.3) is 6.08 Å². The normalized spacial score (nSPS) is 15.5. The number of carboxylic acids is 1. The Hall–Kier alpha value is -3.06. The SMILES string of the molecule is CCOc1cc(C=C2SC(=Nc3cccc(C(=O)OC)c3)N(CC)C2=O)cc(I)c1OCC(=O)O. The fourth-order valence-corrected chi connectivity index (χ4v) is 5.00. The van der Waals surface area contributed by atoms with Crippen molar-refractivity contribution < 1.29 is 33.7 Å². The lowest BCUT2D eigenvalue weighted by molar-refractivity contribution is -0.139. The van der Waals surface area contributed by atoms with E-state index >= 15 is 0 Å². The van der Waals surface area contributed by atoms with Crippen molar-refractivity contribution in [2.75, 3.05) is 26.9 Å². The van der Waals surface area contributed by atoms with E-state index in [1.165, 1.54) is 18.9 Å². The Morgan fingerprint density at radius 3 is 2.63 bits per heavy atom. The van der Waals surface area contributed by atoms with Crippen molar-refractivity contribution in [3.63, 3.8) is 0 Å². The van der Waals surface area contributed by atoms with Crippen LogP contribution in [0.5, 0.6) is 11.5 Å². The number of carbonyl (C=O) groups is 3. The Morgan fingerprint density at radius 1 is 1.20 bits per heavy atom. The number of ether oxygens (including phenoxy) is 3. The lowest BCUT2D eigenvalue weighted by Crippen LogP contribution is -2.28. The second kappa shape index (κ2) is 12.1. The van der Waals surface area contributed by atoms with Crippen molar-refractivity contribution in [2.45, 2.75) is 13.8 Å². The van der Waals surface area contributed by atoms with E-state index in [0.717, 1.165) is 0 Å². The van der Waals surface area contributed by atoms with Crippen molar-refractivity contribution in [3.8, 4) is 11.5 Å². The molecule has 2 aromatic carbocycles. The Labute approximate surface area is 220 Å². The van der Waals surface area contributed by atoms with Gasteiger partial charge < -0.3 is 19.3 Å². The molecule has 9 nitrogen and oxygen atoms in total. The predicted octanol–water partition coefficient (Wildman–Crippen LogP) is 4.56. The number of methoxy groups -OCH3 is 1. The van der Waals surface area contributed by atoms with E-state index in [0.29, 0.717) is 55.1 Å². The molecule has 1 saturated heterocycles. The van der Waals surface area contributed by atoms with Crippen LogP contribution in [-0.4, -0.2) is 59.9 Å². The smallest absolute Gasteiger partial charge is 0.341 e. The summed E-state index contributed by atoms with van der Waals surface area (Å²) in [4.78, 5) is 42.4. The number of rotatable bonds is 9. The van der Waals surface area contributed by atoms with E-state index in [9.17, 15) is 14.4 Å². The van der Waals surface area contributed by atoms with Gasteiger partial charge in [-0.15, -0.1) is 0 Å². The number of amides is 1. The summed E-state index contributed by atoms with van der Waals surface area (Å²) in [6, 6.07) is 10.2. The number of nitrogens with zero attached hydrogens (tertiary/aromatic N) is 2. The van der Waals surface area contributed by atoms with E-state index in [4.69, 9.17) is 19.3 Å². The second-order valence-electron chi connectivity index (χ2n) is 7.04. The van der Waals surface area contributed by atoms with Gasteiger partial charge in [-0.25, -0.2) is 14.6 Å². The van der Waals surface area contributed by atoms with Gasteiger partial charge in [-0.2, -0.15) is 0 Å². The first-order chi connectivity index (χ1) is 16.8. The van der Waals surface area contributed by atoms with Gasteiger partial charge in [0.05, 0.1) is 33.4 Å². The molecule has 0 saturated carbocycles. The van der Waals surface area contributed by atoms with E-state index in [2.05, 4.69) is 4.99 Å². The Balaban J connectivity index is 1.94. The molecule has 184 valence electrons. The van der Waals surface area contributed by atoms with E-state index in [1.54, 1.807) is 47.4 Å². The zero-order valence-corrected chi connectivity index (χ0v) is 22.2. The third kappa shape index (κ3) is 6.54. The van der Waals surface area contributed by atoms with Crippen molar-refractivity contribution >= 4 is 69.1 Å². The van der Waals surface area contributed by atoms with Crippen molar-refractivity contribution in [1.29, 1.82) is 0 Å². The summed E-state index contributed by atoms with van der Waals surface area (Å²) in [6.45, 7) is 3.95. The number of aliphatic imine (C=N–C) groups is 1. The fourth-order valence-electron chi connectivity index (χ4n) is 3.16. The van der Waals surface area contributed by atoms with Gasteiger partial charge in [0.2, 0.25) is 0 Å². The van der Waals surface area contributed by atoms with Crippen LogP contribution >= 0.6 is 34.4 Å². The molecule has 1 aliphatic heterocycles. The van der Waals surface area contributed by atoms with Crippen LogP contribution in [0.15, 0.2) is 46.3 Å².